The Morgan fingerprint density at radius 1 is 0.676 bits per heavy atom. The summed E-state index contributed by atoms with van der Waals surface area (Å²) < 4.78 is 221. The molecule has 0 radical (unpaired) electrons. The van der Waals surface area contributed by atoms with Crippen molar-refractivity contribution in [1.29, 1.82) is 5.26 Å². The summed E-state index contributed by atoms with van der Waals surface area (Å²) in [5.41, 5.74) is -27.9. The Balaban J connectivity index is 0.00000107. The number of halogens is 17. The molecule has 0 N–H and O–H groups in total. The van der Waals surface area contributed by atoms with Crippen molar-refractivity contribution in [3.8, 4) is 6.07 Å². The first-order valence-electron chi connectivity index (χ1n) is 10.1. The molecular weight excluding hydrogens is 586 g/mol. The average Bonchev–Trinajstić information content (AvgIpc) is 3.11. The summed E-state index contributed by atoms with van der Waals surface area (Å²) in [4.78, 5) is 0. The van der Waals surface area contributed by atoms with Crippen LogP contribution in [0.25, 0.3) is 0 Å². The van der Waals surface area contributed by atoms with Gasteiger partial charge in [0.05, 0.1) is 26.7 Å². The number of rotatable bonds is 7. The van der Waals surface area contributed by atoms with Gasteiger partial charge in [-0.2, -0.15) is 0 Å². The minimum absolute atomic E-state index is 0.905. The molecule has 0 amide bonds. The van der Waals surface area contributed by atoms with Gasteiger partial charge in [-0.1, -0.05) is 13.3 Å². The van der Waals surface area contributed by atoms with E-state index in [-0.39, 0.29) is 0 Å². The van der Waals surface area contributed by atoms with E-state index >= 15 is 0 Å². The van der Waals surface area contributed by atoms with Crippen LogP contribution in [0.15, 0.2) is 0 Å². The predicted molar refractivity (Wildman–Crippen MR) is 97.5 cm³/mol. The Hall–Kier alpha value is -1.31. The van der Waals surface area contributed by atoms with Gasteiger partial charge in [-0.05, 0) is 6.42 Å². The fourth-order valence-electron chi connectivity index (χ4n) is 3.79. The molecule has 0 atom stereocenters. The normalized spacial score (nSPS) is 19.8. The Bertz CT molecular complexity index is 783. The summed E-state index contributed by atoms with van der Waals surface area (Å²) in [6, 6.07) is -0.905. The van der Waals surface area contributed by atoms with E-state index in [0.717, 1.165) is 0 Å². The molecule has 0 aromatic carbocycles. The number of quaternary nitrogens is 1. The Kier molecular flexibility index (Phi) is 9.08. The van der Waals surface area contributed by atoms with Crippen molar-refractivity contribution in [2.24, 2.45) is 0 Å². The van der Waals surface area contributed by atoms with Crippen molar-refractivity contribution in [3.63, 3.8) is 0 Å². The molecule has 1 heterocycles. The predicted octanol–water partition coefficient (Wildman–Crippen LogP) is 8.86. The van der Waals surface area contributed by atoms with Gasteiger partial charge >= 0.3 is 134 Å². The molecule has 20 heteroatoms. The molecule has 0 saturated carbocycles. The van der Waals surface area contributed by atoms with Crippen LogP contribution in [0, 0.1) is 11.3 Å². The van der Waals surface area contributed by atoms with Gasteiger partial charge in [-0.3, -0.25) is 0 Å². The second-order valence-electron chi connectivity index (χ2n) is 8.90. The Labute approximate surface area is 198 Å². The average molecular weight is 608 g/mol. The van der Waals surface area contributed by atoms with Crippen LogP contribution in [0.2, 0.25) is 0 Å². The molecule has 37 heavy (non-hydrogen) atoms. The first-order chi connectivity index (χ1) is 15.9. The van der Waals surface area contributed by atoms with E-state index in [0.29, 0.717) is 0 Å². The summed E-state index contributed by atoms with van der Waals surface area (Å²) >= 11 is 0. The first kappa shape index (κ1) is 35.7. The number of hydrogen-bond donors (Lipinski definition) is 0. The van der Waals surface area contributed by atoms with Gasteiger partial charge in [0.1, 0.15) is 0 Å². The van der Waals surface area contributed by atoms with Gasteiger partial charge < -0.3 is 4.48 Å². The summed E-state index contributed by atoms with van der Waals surface area (Å²) in [6.45, 7) is -7.39. The molecule has 1 fully saturated rings. The number of hydrogen-bond acceptors (Lipinski definition) is 1. The van der Waals surface area contributed by atoms with Crippen LogP contribution in [-0.4, -0.2) is 72.8 Å². The number of nitriles is 1. The van der Waals surface area contributed by atoms with Crippen molar-refractivity contribution in [2.75, 3.05) is 32.8 Å². The second kappa shape index (κ2) is 9.41. The summed E-state index contributed by atoms with van der Waals surface area (Å²) in [6.07, 6.45) is -24.9. The minimum atomic E-state index is -13.9. The maximum absolute atomic E-state index is 14.5. The van der Waals surface area contributed by atoms with Gasteiger partial charge in [0, 0.05) is 12.8 Å². The molecule has 224 valence electrons. The molecule has 1 rings (SSSR count). The molecule has 1 aliphatic heterocycles. The van der Waals surface area contributed by atoms with E-state index < -0.39 is 54.3 Å². The number of nitrogens with zero attached hydrogens (tertiary/aromatic N) is 2. The van der Waals surface area contributed by atoms with Crippen molar-refractivity contribution in [2.45, 2.75) is 68.1 Å². The quantitative estimate of drug-likeness (QED) is 0.161. The van der Waals surface area contributed by atoms with E-state index in [1.165, 1.54) is 49.8 Å². The standard InChI is InChI=1S/C9H20N.C8H2F17NP/c1-3-4-7-10(2)8-5-6-9-10;9-3(10,11)6(18,19)27(24,25,2-1-26,7(20,21)4(12,13)14)8(22,23)5(15,16)17/h3-9H2,1-2H3;2H2/q+1;-1. The third kappa shape index (κ3) is 4.51. The molecule has 0 aliphatic carbocycles. The summed E-state index contributed by atoms with van der Waals surface area (Å²) in [5, 5.41) is 7.82. The van der Waals surface area contributed by atoms with Gasteiger partial charge in [-0.15, -0.1) is 0 Å². The van der Waals surface area contributed by atoms with Crippen LogP contribution in [0.5, 0.6) is 0 Å². The van der Waals surface area contributed by atoms with Crippen molar-refractivity contribution < 1.29 is 78.7 Å². The van der Waals surface area contributed by atoms with E-state index in [1.54, 1.807) is 0 Å². The third-order valence-corrected chi connectivity index (χ3v) is 12.0. The van der Waals surface area contributed by atoms with Crippen LogP contribution in [-0.2, 0) is 0 Å². The molecule has 1 aliphatic rings. The van der Waals surface area contributed by atoms with Crippen LogP contribution in [0.1, 0.15) is 32.6 Å². The third-order valence-electron chi connectivity index (χ3n) is 6.22. The number of unbranched alkanes of at least 4 members (excludes halogenated alkanes) is 1. The van der Waals surface area contributed by atoms with E-state index in [2.05, 4.69) is 14.0 Å². The monoisotopic (exact) mass is 608 g/mol. The van der Waals surface area contributed by atoms with Gasteiger partial charge in [0.15, 0.2) is 0 Å². The summed E-state index contributed by atoms with van der Waals surface area (Å²) in [7, 11) is 2.41. The second-order valence-corrected chi connectivity index (χ2v) is 14.1. The Morgan fingerprint density at radius 2 is 0.973 bits per heavy atom. The topological polar surface area (TPSA) is 23.8 Å². The van der Waals surface area contributed by atoms with Crippen LogP contribution < -0.4 is 0 Å². The van der Waals surface area contributed by atoms with E-state index in [1.807, 2.05) is 0 Å². The molecule has 0 aromatic heterocycles. The zero-order valence-corrected chi connectivity index (χ0v) is 19.8. The molecule has 0 unspecified atom stereocenters. The fraction of sp³-hybridized carbons (Fsp3) is 0.941. The molecule has 0 bridgehead atoms. The first-order valence-corrected chi connectivity index (χ1v) is 12.7. The van der Waals surface area contributed by atoms with Crippen molar-refractivity contribution in [1.82, 2.24) is 0 Å². The number of likely N-dealkylation sites (tertiary alicyclic amines) is 1. The van der Waals surface area contributed by atoms with Crippen molar-refractivity contribution >= 4 is 6.57 Å². The zero-order valence-electron chi connectivity index (χ0n) is 18.9. The van der Waals surface area contributed by atoms with Gasteiger partial charge in [0.25, 0.3) is 0 Å². The summed E-state index contributed by atoms with van der Waals surface area (Å²) in [5.74, 6) is 0. The van der Waals surface area contributed by atoms with Crippen LogP contribution >= 0.6 is 6.57 Å². The van der Waals surface area contributed by atoms with Crippen LogP contribution in [0.3, 0.4) is 0 Å². The molecule has 2 nitrogen and oxygen atoms in total. The fourth-order valence-corrected chi connectivity index (χ4v) is 7.63. The zero-order chi connectivity index (χ0) is 30.3. The maximum atomic E-state index is 14.5. The molecule has 1 saturated heterocycles. The number of alkyl halides is 15. The Morgan fingerprint density at radius 3 is 1.19 bits per heavy atom. The SMILES string of the molecule is CCCC[N+]1(C)CCCC1.N#CC[P-](F)(F)(C(F)(F)C(F)(F)F)(C(F)(F)C(F)(F)F)C(F)(F)C(F)(F)F. The van der Waals surface area contributed by atoms with Gasteiger partial charge in [-0.25, -0.2) is 0 Å². The van der Waals surface area contributed by atoms with Crippen LogP contribution in [0.4, 0.5) is 74.3 Å². The van der Waals surface area contributed by atoms with Gasteiger partial charge in [0.2, 0.25) is 0 Å². The van der Waals surface area contributed by atoms with Crippen molar-refractivity contribution in [3.05, 3.63) is 0 Å². The molecule has 0 aromatic rings. The molecule has 0 spiro atoms. The molecular formula is C17H22F17N2P. The van der Waals surface area contributed by atoms with E-state index in [9.17, 15) is 74.3 Å². The van der Waals surface area contributed by atoms with E-state index in [4.69, 9.17) is 5.26 Å².